The molecule has 0 radical (unpaired) electrons. The summed E-state index contributed by atoms with van der Waals surface area (Å²) < 4.78 is 21.5. The fourth-order valence-electron chi connectivity index (χ4n) is 0.813. The van der Waals surface area contributed by atoms with Crippen molar-refractivity contribution >= 4 is 21.7 Å². The van der Waals surface area contributed by atoms with Gasteiger partial charge in [0.05, 0.1) is 5.75 Å². The standard InChI is InChI=1S/C9H15NO5S/c1-6(7(2)9(12)13)8(11)10-4-5-16(3,14)15/h4-5H2,1-3H3,(H,10,11)(H,12,13). The average Bonchev–Trinajstić information content (AvgIpc) is 2.13. The van der Waals surface area contributed by atoms with Crippen LogP contribution >= 0.6 is 0 Å². The largest absolute Gasteiger partial charge is 0.478 e. The Morgan fingerprint density at radius 3 is 2.06 bits per heavy atom. The number of rotatable bonds is 5. The minimum Gasteiger partial charge on any atom is -0.478 e. The topological polar surface area (TPSA) is 101 Å². The number of carboxylic acids is 1. The van der Waals surface area contributed by atoms with Crippen LogP contribution in [0.5, 0.6) is 0 Å². The highest BCUT2D eigenvalue weighted by atomic mass is 32.2. The molecular weight excluding hydrogens is 234 g/mol. The maximum absolute atomic E-state index is 11.3. The van der Waals surface area contributed by atoms with Crippen LogP contribution in [0, 0.1) is 0 Å². The summed E-state index contributed by atoms with van der Waals surface area (Å²) in [6.45, 7) is 2.66. The van der Waals surface area contributed by atoms with Gasteiger partial charge in [-0.3, -0.25) is 4.79 Å². The van der Waals surface area contributed by atoms with E-state index in [1.54, 1.807) is 0 Å². The van der Waals surface area contributed by atoms with E-state index >= 15 is 0 Å². The molecule has 0 unspecified atom stereocenters. The lowest BCUT2D eigenvalue weighted by molar-refractivity contribution is -0.133. The molecule has 92 valence electrons. The van der Waals surface area contributed by atoms with Gasteiger partial charge >= 0.3 is 5.97 Å². The van der Waals surface area contributed by atoms with Crippen molar-refractivity contribution in [3.63, 3.8) is 0 Å². The molecule has 0 saturated carbocycles. The SMILES string of the molecule is CC(C(=O)O)=C(C)C(=O)NCCS(C)(=O)=O. The number of carbonyl (C=O) groups excluding carboxylic acids is 1. The molecule has 0 bridgehead atoms. The molecule has 2 N–H and O–H groups in total. The lowest BCUT2D eigenvalue weighted by atomic mass is 10.1. The Balaban J connectivity index is 4.40. The van der Waals surface area contributed by atoms with Crippen LogP contribution in [0.4, 0.5) is 0 Å². The van der Waals surface area contributed by atoms with Crippen molar-refractivity contribution in [2.75, 3.05) is 18.6 Å². The number of hydrogen-bond donors (Lipinski definition) is 2. The number of carboxylic acid groups (broad SMARTS) is 1. The molecule has 0 aliphatic rings. The van der Waals surface area contributed by atoms with Gasteiger partial charge in [0.15, 0.2) is 0 Å². The van der Waals surface area contributed by atoms with Crippen LogP contribution in [0.1, 0.15) is 13.8 Å². The molecular formula is C9H15NO5S. The van der Waals surface area contributed by atoms with Crippen LogP contribution in [-0.4, -0.2) is 44.0 Å². The van der Waals surface area contributed by atoms with Crippen LogP contribution in [0.25, 0.3) is 0 Å². The van der Waals surface area contributed by atoms with E-state index in [2.05, 4.69) is 5.32 Å². The lowest BCUT2D eigenvalue weighted by Gasteiger charge is -2.05. The van der Waals surface area contributed by atoms with E-state index in [1.807, 2.05) is 0 Å². The van der Waals surface area contributed by atoms with Crippen LogP contribution < -0.4 is 5.32 Å². The summed E-state index contributed by atoms with van der Waals surface area (Å²) in [7, 11) is -3.13. The molecule has 0 atom stereocenters. The molecule has 0 fully saturated rings. The maximum atomic E-state index is 11.3. The van der Waals surface area contributed by atoms with Crippen LogP contribution in [-0.2, 0) is 19.4 Å². The molecule has 0 saturated heterocycles. The van der Waals surface area contributed by atoms with Gasteiger partial charge in [-0.15, -0.1) is 0 Å². The first-order valence-corrected chi connectivity index (χ1v) is 6.58. The molecule has 0 aliphatic heterocycles. The summed E-state index contributed by atoms with van der Waals surface area (Å²) in [5, 5.41) is 11.0. The monoisotopic (exact) mass is 249 g/mol. The first kappa shape index (κ1) is 14.6. The Morgan fingerprint density at radius 1 is 1.19 bits per heavy atom. The van der Waals surface area contributed by atoms with Gasteiger partial charge in [-0.2, -0.15) is 0 Å². The van der Waals surface area contributed by atoms with E-state index in [-0.39, 0.29) is 23.4 Å². The quantitative estimate of drug-likeness (QED) is 0.644. The fourth-order valence-corrected chi connectivity index (χ4v) is 1.29. The Kier molecular flexibility index (Phi) is 5.16. The molecule has 0 aromatic rings. The van der Waals surface area contributed by atoms with E-state index in [0.717, 1.165) is 6.26 Å². The van der Waals surface area contributed by atoms with Gasteiger partial charge in [-0.1, -0.05) is 0 Å². The fraction of sp³-hybridized carbons (Fsp3) is 0.556. The third-order valence-electron chi connectivity index (χ3n) is 1.98. The van der Waals surface area contributed by atoms with E-state index in [1.165, 1.54) is 13.8 Å². The van der Waals surface area contributed by atoms with E-state index < -0.39 is 21.7 Å². The lowest BCUT2D eigenvalue weighted by Crippen LogP contribution is -2.30. The van der Waals surface area contributed by atoms with Gasteiger partial charge in [-0.05, 0) is 13.8 Å². The summed E-state index contributed by atoms with van der Waals surface area (Å²) in [6, 6.07) is 0. The van der Waals surface area contributed by atoms with E-state index in [0.29, 0.717) is 0 Å². The molecule has 7 heteroatoms. The van der Waals surface area contributed by atoms with Crippen molar-refractivity contribution in [2.45, 2.75) is 13.8 Å². The van der Waals surface area contributed by atoms with Gasteiger partial charge in [-0.25, -0.2) is 13.2 Å². The first-order chi connectivity index (χ1) is 7.15. The van der Waals surface area contributed by atoms with Gasteiger partial charge < -0.3 is 10.4 Å². The molecule has 0 heterocycles. The number of sulfone groups is 1. The van der Waals surface area contributed by atoms with E-state index in [4.69, 9.17) is 5.11 Å². The molecule has 6 nitrogen and oxygen atoms in total. The summed E-state index contributed by atoms with van der Waals surface area (Å²) >= 11 is 0. The van der Waals surface area contributed by atoms with Gasteiger partial charge in [0.2, 0.25) is 5.91 Å². The summed E-state index contributed by atoms with van der Waals surface area (Å²) in [5.74, 6) is -1.91. The minimum absolute atomic E-state index is 0.0259. The van der Waals surface area contributed by atoms with Crippen LogP contribution in [0.15, 0.2) is 11.1 Å². The van der Waals surface area contributed by atoms with Crippen molar-refractivity contribution in [3.05, 3.63) is 11.1 Å². The van der Waals surface area contributed by atoms with Gasteiger partial charge in [0.1, 0.15) is 9.84 Å². The zero-order chi connectivity index (χ0) is 12.9. The number of aliphatic carboxylic acids is 1. The van der Waals surface area contributed by atoms with Crippen molar-refractivity contribution < 1.29 is 23.1 Å². The second kappa shape index (κ2) is 5.64. The highest BCUT2D eigenvalue weighted by molar-refractivity contribution is 7.90. The Morgan fingerprint density at radius 2 is 1.69 bits per heavy atom. The Bertz CT molecular complexity index is 421. The zero-order valence-corrected chi connectivity index (χ0v) is 10.2. The Labute approximate surface area is 94.3 Å². The molecule has 0 spiro atoms. The number of amides is 1. The van der Waals surface area contributed by atoms with Gasteiger partial charge in [0, 0.05) is 23.9 Å². The second-order valence-corrected chi connectivity index (χ2v) is 5.70. The molecule has 0 rings (SSSR count). The third-order valence-corrected chi connectivity index (χ3v) is 2.93. The smallest absolute Gasteiger partial charge is 0.331 e. The van der Waals surface area contributed by atoms with Crippen molar-refractivity contribution in [3.8, 4) is 0 Å². The number of carbonyl (C=O) groups is 2. The predicted octanol–water partition coefficient (Wildman–Crippen LogP) is -0.432. The highest BCUT2D eigenvalue weighted by Crippen LogP contribution is 2.03. The summed E-state index contributed by atoms with van der Waals surface area (Å²) in [4.78, 5) is 21.9. The Hall–Kier alpha value is -1.37. The summed E-state index contributed by atoms with van der Waals surface area (Å²) in [6.07, 6.45) is 1.06. The minimum atomic E-state index is -3.13. The van der Waals surface area contributed by atoms with Crippen molar-refractivity contribution in [2.24, 2.45) is 0 Å². The maximum Gasteiger partial charge on any atom is 0.331 e. The number of hydrogen-bond acceptors (Lipinski definition) is 4. The van der Waals surface area contributed by atoms with Gasteiger partial charge in [0.25, 0.3) is 0 Å². The predicted molar refractivity (Wildman–Crippen MR) is 58.7 cm³/mol. The molecule has 0 aromatic heterocycles. The average molecular weight is 249 g/mol. The summed E-state index contributed by atoms with van der Waals surface area (Å²) in [5.41, 5.74) is 0.0119. The number of nitrogens with one attached hydrogen (secondary N) is 1. The first-order valence-electron chi connectivity index (χ1n) is 4.52. The van der Waals surface area contributed by atoms with Crippen LogP contribution in [0.3, 0.4) is 0 Å². The van der Waals surface area contributed by atoms with E-state index in [9.17, 15) is 18.0 Å². The van der Waals surface area contributed by atoms with Crippen molar-refractivity contribution in [1.82, 2.24) is 5.32 Å². The van der Waals surface area contributed by atoms with Crippen LogP contribution in [0.2, 0.25) is 0 Å². The molecule has 0 aliphatic carbocycles. The van der Waals surface area contributed by atoms with Crippen molar-refractivity contribution in [1.29, 1.82) is 0 Å². The second-order valence-electron chi connectivity index (χ2n) is 3.44. The molecule has 16 heavy (non-hydrogen) atoms. The highest BCUT2D eigenvalue weighted by Gasteiger charge is 2.12. The third kappa shape index (κ3) is 5.50. The zero-order valence-electron chi connectivity index (χ0n) is 9.40. The molecule has 0 aromatic carbocycles. The molecule has 1 amide bonds. The normalized spacial score (nSPS) is 12.9.